The standard InChI is InChI=1S/C13H19NOS/c14-9-13(4-6-15-7-5-13)12-8-10-2-1-3-11(10)16-12/h8H,1-7,9,14H2. The molecule has 0 bridgehead atoms. The predicted molar refractivity (Wildman–Crippen MR) is 67.1 cm³/mol. The van der Waals surface area contributed by atoms with Crippen molar-refractivity contribution in [1.29, 1.82) is 0 Å². The van der Waals surface area contributed by atoms with Crippen LogP contribution in [0.15, 0.2) is 6.07 Å². The SMILES string of the molecule is NCC1(c2cc3c(s2)CCC3)CCOCC1. The van der Waals surface area contributed by atoms with Crippen LogP contribution in [-0.2, 0) is 23.0 Å². The molecule has 2 nitrogen and oxygen atoms in total. The van der Waals surface area contributed by atoms with E-state index in [1.165, 1.54) is 24.1 Å². The topological polar surface area (TPSA) is 35.2 Å². The minimum absolute atomic E-state index is 0.229. The van der Waals surface area contributed by atoms with Crippen molar-refractivity contribution < 1.29 is 4.74 Å². The van der Waals surface area contributed by atoms with Crippen LogP contribution in [0, 0.1) is 0 Å². The summed E-state index contributed by atoms with van der Waals surface area (Å²) in [5, 5.41) is 0. The van der Waals surface area contributed by atoms with E-state index in [1.54, 1.807) is 10.4 Å². The van der Waals surface area contributed by atoms with Gasteiger partial charge in [0.25, 0.3) is 0 Å². The number of ether oxygens (including phenoxy) is 1. The predicted octanol–water partition coefficient (Wildman–Crippen LogP) is 2.24. The van der Waals surface area contributed by atoms with Crippen LogP contribution in [0.2, 0.25) is 0 Å². The van der Waals surface area contributed by atoms with Gasteiger partial charge < -0.3 is 10.5 Å². The number of fused-ring (bicyclic) bond motifs is 1. The van der Waals surface area contributed by atoms with Crippen LogP contribution >= 0.6 is 11.3 Å². The molecular formula is C13H19NOS. The molecule has 1 saturated heterocycles. The third-order valence-electron chi connectivity index (χ3n) is 4.11. The first-order valence-corrected chi connectivity index (χ1v) is 7.06. The number of rotatable bonds is 2. The maximum Gasteiger partial charge on any atom is 0.0475 e. The monoisotopic (exact) mass is 237 g/mol. The van der Waals surface area contributed by atoms with Crippen LogP contribution in [-0.4, -0.2) is 19.8 Å². The maximum absolute atomic E-state index is 6.04. The Morgan fingerprint density at radius 3 is 2.81 bits per heavy atom. The van der Waals surface area contributed by atoms with Crippen molar-refractivity contribution in [3.8, 4) is 0 Å². The van der Waals surface area contributed by atoms with Crippen molar-refractivity contribution in [3.05, 3.63) is 21.4 Å². The van der Waals surface area contributed by atoms with E-state index in [-0.39, 0.29) is 5.41 Å². The van der Waals surface area contributed by atoms with Gasteiger partial charge in [-0.1, -0.05) is 0 Å². The highest BCUT2D eigenvalue weighted by molar-refractivity contribution is 7.12. The van der Waals surface area contributed by atoms with E-state index in [1.807, 2.05) is 11.3 Å². The van der Waals surface area contributed by atoms with Gasteiger partial charge in [0.2, 0.25) is 0 Å². The van der Waals surface area contributed by atoms with Gasteiger partial charge in [-0.15, -0.1) is 11.3 Å². The van der Waals surface area contributed by atoms with Crippen LogP contribution in [0.5, 0.6) is 0 Å². The first-order valence-electron chi connectivity index (χ1n) is 6.24. The zero-order valence-electron chi connectivity index (χ0n) is 9.63. The van der Waals surface area contributed by atoms with Crippen LogP contribution in [0.1, 0.15) is 34.6 Å². The number of hydrogen-bond acceptors (Lipinski definition) is 3. The van der Waals surface area contributed by atoms with Crippen molar-refractivity contribution in [2.75, 3.05) is 19.8 Å². The molecule has 2 N–H and O–H groups in total. The first kappa shape index (κ1) is 10.8. The molecule has 1 aromatic rings. The zero-order chi connectivity index (χ0) is 11.0. The molecule has 1 aliphatic carbocycles. The lowest BCUT2D eigenvalue weighted by Crippen LogP contribution is -2.39. The molecule has 1 aliphatic heterocycles. The Labute approximate surface area is 101 Å². The second-order valence-electron chi connectivity index (χ2n) is 5.01. The summed E-state index contributed by atoms with van der Waals surface area (Å²) in [5.74, 6) is 0. The van der Waals surface area contributed by atoms with Gasteiger partial charge >= 0.3 is 0 Å². The molecule has 0 radical (unpaired) electrons. The fraction of sp³-hybridized carbons (Fsp3) is 0.692. The lowest BCUT2D eigenvalue weighted by Gasteiger charge is -2.35. The van der Waals surface area contributed by atoms with Crippen molar-refractivity contribution in [2.24, 2.45) is 5.73 Å². The van der Waals surface area contributed by atoms with E-state index in [9.17, 15) is 0 Å². The molecule has 0 amide bonds. The fourth-order valence-corrected chi connectivity index (χ4v) is 4.41. The quantitative estimate of drug-likeness (QED) is 0.856. The summed E-state index contributed by atoms with van der Waals surface area (Å²) in [6.07, 6.45) is 6.12. The third kappa shape index (κ3) is 1.62. The minimum Gasteiger partial charge on any atom is -0.381 e. The largest absolute Gasteiger partial charge is 0.381 e. The molecule has 3 rings (SSSR count). The van der Waals surface area contributed by atoms with E-state index in [2.05, 4.69) is 6.07 Å². The van der Waals surface area contributed by atoms with Crippen LogP contribution in [0.4, 0.5) is 0 Å². The summed E-state index contributed by atoms with van der Waals surface area (Å²) < 4.78 is 5.47. The molecule has 0 aromatic carbocycles. The number of hydrogen-bond donors (Lipinski definition) is 1. The molecule has 0 unspecified atom stereocenters. The molecule has 2 heterocycles. The molecule has 1 aromatic heterocycles. The maximum atomic E-state index is 6.04. The zero-order valence-corrected chi connectivity index (χ0v) is 10.4. The summed E-state index contributed by atoms with van der Waals surface area (Å²) in [7, 11) is 0. The van der Waals surface area contributed by atoms with Crippen LogP contribution in [0.3, 0.4) is 0 Å². The second-order valence-corrected chi connectivity index (χ2v) is 6.15. The van der Waals surface area contributed by atoms with Gasteiger partial charge in [-0.05, 0) is 43.7 Å². The molecular weight excluding hydrogens is 218 g/mol. The normalized spacial score (nSPS) is 23.3. The summed E-state index contributed by atoms with van der Waals surface area (Å²) in [4.78, 5) is 3.15. The molecule has 3 heteroatoms. The van der Waals surface area contributed by atoms with Crippen molar-refractivity contribution >= 4 is 11.3 Å². The van der Waals surface area contributed by atoms with Crippen molar-refractivity contribution in [2.45, 2.75) is 37.5 Å². The van der Waals surface area contributed by atoms with E-state index < -0.39 is 0 Å². The van der Waals surface area contributed by atoms with Gasteiger partial charge in [0.05, 0.1) is 0 Å². The van der Waals surface area contributed by atoms with Gasteiger partial charge in [-0.3, -0.25) is 0 Å². The highest BCUT2D eigenvalue weighted by atomic mass is 32.1. The molecule has 1 fully saturated rings. The lowest BCUT2D eigenvalue weighted by molar-refractivity contribution is 0.0541. The van der Waals surface area contributed by atoms with Crippen LogP contribution in [0.25, 0.3) is 0 Å². The van der Waals surface area contributed by atoms with Gasteiger partial charge in [0, 0.05) is 34.9 Å². The van der Waals surface area contributed by atoms with Crippen LogP contribution < -0.4 is 5.73 Å². The number of nitrogens with two attached hydrogens (primary N) is 1. The Balaban J connectivity index is 1.93. The summed E-state index contributed by atoms with van der Waals surface area (Å²) in [6, 6.07) is 2.44. The van der Waals surface area contributed by atoms with E-state index >= 15 is 0 Å². The van der Waals surface area contributed by atoms with Crippen molar-refractivity contribution in [1.82, 2.24) is 0 Å². The van der Waals surface area contributed by atoms with Gasteiger partial charge in [-0.2, -0.15) is 0 Å². The van der Waals surface area contributed by atoms with E-state index in [0.29, 0.717) is 0 Å². The first-order chi connectivity index (χ1) is 7.84. The highest BCUT2D eigenvalue weighted by Crippen LogP contribution is 2.41. The molecule has 0 spiro atoms. The van der Waals surface area contributed by atoms with E-state index in [0.717, 1.165) is 32.6 Å². The second kappa shape index (κ2) is 4.13. The Morgan fingerprint density at radius 1 is 1.31 bits per heavy atom. The third-order valence-corrected chi connectivity index (χ3v) is 5.59. The van der Waals surface area contributed by atoms with Gasteiger partial charge in [0.1, 0.15) is 0 Å². The molecule has 2 aliphatic rings. The molecule has 16 heavy (non-hydrogen) atoms. The summed E-state index contributed by atoms with van der Waals surface area (Å²) in [6.45, 7) is 2.52. The van der Waals surface area contributed by atoms with Crippen molar-refractivity contribution in [3.63, 3.8) is 0 Å². The van der Waals surface area contributed by atoms with Gasteiger partial charge in [-0.25, -0.2) is 0 Å². The molecule has 88 valence electrons. The molecule has 0 atom stereocenters. The minimum atomic E-state index is 0.229. The Hall–Kier alpha value is -0.380. The Morgan fingerprint density at radius 2 is 2.12 bits per heavy atom. The number of aryl methyl sites for hydroxylation is 2. The fourth-order valence-electron chi connectivity index (χ4n) is 2.90. The van der Waals surface area contributed by atoms with Gasteiger partial charge in [0.15, 0.2) is 0 Å². The Kier molecular flexibility index (Phi) is 2.78. The molecule has 0 saturated carbocycles. The average molecular weight is 237 g/mol. The van der Waals surface area contributed by atoms with E-state index in [4.69, 9.17) is 10.5 Å². The Bertz CT molecular complexity index is 358. The highest BCUT2D eigenvalue weighted by Gasteiger charge is 2.35. The number of thiophene rings is 1. The smallest absolute Gasteiger partial charge is 0.0475 e. The lowest BCUT2D eigenvalue weighted by atomic mass is 9.79. The summed E-state index contributed by atoms with van der Waals surface area (Å²) in [5.41, 5.74) is 7.87. The summed E-state index contributed by atoms with van der Waals surface area (Å²) >= 11 is 2.02. The average Bonchev–Trinajstić information content (AvgIpc) is 2.90.